The third-order valence-corrected chi connectivity index (χ3v) is 3.52. The molecule has 0 unspecified atom stereocenters. The number of nitrogens with zero attached hydrogens (tertiary/aromatic N) is 2. The van der Waals surface area contributed by atoms with E-state index in [1.807, 2.05) is 13.1 Å². The Hall–Kier alpha value is -0.940. The highest BCUT2D eigenvalue weighted by atomic mass is 32.1. The summed E-state index contributed by atoms with van der Waals surface area (Å²) in [7, 11) is 0. The van der Waals surface area contributed by atoms with E-state index in [4.69, 9.17) is 0 Å². The molecular formula is C9H11N3S2. The molecule has 2 rings (SSSR count). The molecule has 0 aromatic carbocycles. The topological polar surface area (TPSA) is 37.8 Å². The highest BCUT2D eigenvalue weighted by Crippen LogP contribution is 2.18. The van der Waals surface area contributed by atoms with Crippen molar-refractivity contribution in [2.75, 3.05) is 5.32 Å². The zero-order valence-electron chi connectivity index (χ0n) is 8.07. The van der Waals surface area contributed by atoms with Crippen LogP contribution in [0.15, 0.2) is 11.6 Å². The molecule has 5 heteroatoms. The van der Waals surface area contributed by atoms with Gasteiger partial charge >= 0.3 is 0 Å². The normalized spacial score (nSPS) is 10.4. The van der Waals surface area contributed by atoms with E-state index >= 15 is 0 Å². The zero-order chi connectivity index (χ0) is 9.97. The third kappa shape index (κ3) is 2.30. The molecule has 0 bridgehead atoms. The van der Waals surface area contributed by atoms with Crippen molar-refractivity contribution >= 4 is 27.8 Å². The van der Waals surface area contributed by atoms with Crippen LogP contribution in [-0.2, 0) is 6.54 Å². The van der Waals surface area contributed by atoms with E-state index in [0.29, 0.717) is 0 Å². The highest BCUT2D eigenvalue weighted by Gasteiger charge is 2.00. The number of thiazole rings is 2. The van der Waals surface area contributed by atoms with Gasteiger partial charge in [-0.25, -0.2) is 9.97 Å². The molecule has 0 aliphatic heterocycles. The fraction of sp³-hybridized carbons (Fsp3) is 0.333. The van der Waals surface area contributed by atoms with Gasteiger partial charge in [0.1, 0.15) is 5.01 Å². The fourth-order valence-electron chi connectivity index (χ4n) is 1.07. The zero-order valence-corrected chi connectivity index (χ0v) is 9.71. The summed E-state index contributed by atoms with van der Waals surface area (Å²) in [6.07, 6.45) is 1.88. The summed E-state index contributed by atoms with van der Waals surface area (Å²) >= 11 is 3.35. The Bertz CT molecular complexity index is 379. The molecule has 2 aromatic rings. The quantitative estimate of drug-likeness (QED) is 0.873. The Morgan fingerprint density at radius 2 is 2.29 bits per heavy atom. The first-order chi connectivity index (χ1) is 6.74. The van der Waals surface area contributed by atoms with E-state index in [0.717, 1.165) is 22.4 Å². The minimum atomic E-state index is 0.769. The van der Waals surface area contributed by atoms with Gasteiger partial charge in [-0.2, -0.15) is 0 Å². The van der Waals surface area contributed by atoms with Crippen molar-refractivity contribution in [3.8, 4) is 0 Å². The molecule has 0 fully saturated rings. The first kappa shape index (κ1) is 9.61. The van der Waals surface area contributed by atoms with Crippen LogP contribution >= 0.6 is 22.7 Å². The predicted octanol–water partition coefficient (Wildman–Crippen LogP) is 2.83. The van der Waals surface area contributed by atoms with Crippen molar-refractivity contribution in [2.45, 2.75) is 20.4 Å². The lowest BCUT2D eigenvalue weighted by Gasteiger charge is -1.97. The first-order valence-electron chi connectivity index (χ1n) is 4.31. The van der Waals surface area contributed by atoms with Crippen LogP contribution in [-0.4, -0.2) is 9.97 Å². The Morgan fingerprint density at radius 3 is 2.86 bits per heavy atom. The van der Waals surface area contributed by atoms with Gasteiger partial charge in [-0.3, -0.25) is 0 Å². The fourth-order valence-corrected chi connectivity index (χ4v) is 2.44. The second-order valence-corrected chi connectivity index (χ2v) is 5.19. The SMILES string of the molecule is Cc1csc(CNc2ncc(C)s2)n1. The molecule has 74 valence electrons. The molecule has 0 spiro atoms. The summed E-state index contributed by atoms with van der Waals surface area (Å²) < 4.78 is 0. The summed E-state index contributed by atoms with van der Waals surface area (Å²) in [6, 6.07) is 0. The molecule has 0 radical (unpaired) electrons. The lowest BCUT2D eigenvalue weighted by atomic mass is 10.6. The van der Waals surface area contributed by atoms with Gasteiger partial charge in [-0.05, 0) is 13.8 Å². The average Bonchev–Trinajstić information content (AvgIpc) is 2.72. The van der Waals surface area contributed by atoms with Crippen molar-refractivity contribution < 1.29 is 0 Å². The van der Waals surface area contributed by atoms with E-state index in [-0.39, 0.29) is 0 Å². The second-order valence-electron chi connectivity index (χ2n) is 3.01. The molecule has 2 aromatic heterocycles. The molecule has 1 N–H and O–H groups in total. The van der Waals surface area contributed by atoms with Gasteiger partial charge in [0.05, 0.1) is 6.54 Å². The van der Waals surface area contributed by atoms with Crippen LogP contribution in [0.25, 0.3) is 0 Å². The average molecular weight is 225 g/mol. The number of aromatic nitrogens is 2. The molecule has 0 aliphatic carbocycles. The number of aryl methyl sites for hydroxylation is 2. The molecule has 0 amide bonds. The van der Waals surface area contributed by atoms with Crippen LogP contribution < -0.4 is 5.32 Å². The number of hydrogen-bond acceptors (Lipinski definition) is 5. The Balaban J connectivity index is 1.94. The molecule has 0 atom stereocenters. The van der Waals surface area contributed by atoms with E-state index in [1.165, 1.54) is 4.88 Å². The number of hydrogen-bond donors (Lipinski definition) is 1. The number of nitrogens with one attached hydrogen (secondary N) is 1. The molecule has 14 heavy (non-hydrogen) atoms. The minimum Gasteiger partial charge on any atom is -0.355 e. The maximum Gasteiger partial charge on any atom is 0.183 e. The van der Waals surface area contributed by atoms with Crippen LogP contribution in [0.2, 0.25) is 0 Å². The summed E-state index contributed by atoms with van der Waals surface area (Å²) in [4.78, 5) is 9.81. The summed E-state index contributed by atoms with van der Waals surface area (Å²) in [5, 5.41) is 7.38. The first-order valence-corrected chi connectivity index (χ1v) is 6.01. The van der Waals surface area contributed by atoms with Crippen LogP contribution in [0.1, 0.15) is 15.6 Å². The van der Waals surface area contributed by atoms with Gasteiger partial charge in [-0.1, -0.05) is 0 Å². The van der Waals surface area contributed by atoms with Gasteiger partial charge in [0, 0.05) is 22.1 Å². The van der Waals surface area contributed by atoms with Gasteiger partial charge < -0.3 is 5.32 Å². The number of rotatable bonds is 3. The molecule has 0 saturated heterocycles. The molecule has 0 saturated carbocycles. The molecule has 2 heterocycles. The molecule has 0 aliphatic rings. The Morgan fingerprint density at radius 1 is 1.43 bits per heavy atom. The summed E-state index contributed by atoms with van der Waals surface area (Å²) in [5.41, 5.74) is 1.09. The largest absolute Gasteiger partial charge is 0.355 e. The summed E-state index contributed by atoms with van der Waals surface area (Å²) in [5.74, 6) is 0. The van der Waals surface area contributed by atoms with Crippen LogP contribution in [0.3, 0.4) is 0 Å². The Labute approximate surface area is 90.9 Å². The highest BCUT2D eigenvalue weighted by molar-refractivity contribution is 7.15. The predicted molar refractivity (Wildman–Crippen MR) is 61.0 cm³/mol. The summed E-state index contributed by atoms with van der Waals surface area (Å²) in [6.45, 7) is 4.83. The minimum absolute atomic E-state index is 0.769. The monoisotopic (exact) mass is 225 g/mol. The van der Waals surface area contributed by atoms with Gasteiger partial charge in [0.25, 0.3) is 0 Å². The maximum absolute atomic E-state index is 4.37. The third-order valence-electron chi connectivity index (χ3n) is 1.68. The smallest absolute Gasteiger partial charge is 0.183 e. The van der Waals surface area contributed by atoms with Gasteiger partial charge in [0.15, 0.2) is 5.13 Å². The van der Waals surface area contributed by atoms with Gasteiger partial charge in [-0.15, -0.1) is 22.7 Å². The van der Waals surface area contributed by atoms with E-state index < -0.39 is 0 Å². The lowest BCUT2D eigenvalue weighted by molar-refractivity contribution is 1.07. The van der Waals surface area contributed by atoms with Crippen molar-refractivity contribution in [1.29, 1.82) is 0 Å². The van der Waals surface area contributed by atoms with Crippen molar-refractivity contribution in [3.05, 3.63) is 27.2 Å². The maximum atomic E-state index is 4.37. The van der Waals surface area contributed by atoms with E-state index in [9.17, 15) is 0 Å². The van der Waals surface area contributed by atoms with E-state index in [2.05, 4.69) is 27.6 Å². The van der Waals surface area contributed by atoms with Gasteiger partial charge in [0.2, 0.25) is 0 Å². The number of anilines is 1. The van der Waals surface area contributed by atoms with Crippen LogP contribution in [0, 0.1) is 13.8 Å². The standard InChI is InChI=1S/C9H11N3S2/c1-6-5-13-8(12-6)4-11-9-10-3-7(2)14-9/h3,5H,4H2,1-2H3,(H,10,11). The van der Waals surface area contributed by atoms with Crippen molar-refractivity contribution in [3.63, 3.8) is 0 Å². The molecular weight excluding hydrogens is 214 g/mol. The lowest BCUT2D eigenvalue weighted by Crippen LogP contribution is -1.97. The van der Waals surface area contributed by atoms with Crippen LogP contribution in [0.5, 0.6) is 0 Å². The van der Waals surface area contributed by atoms with E-state index in [1.54, 1.807) is 22.7 Å². The molecule has 3 nitrogen and oxygen atoms in total. The van der Waals surface area contributed by atoms with Crippen LogP contribution in [0.4, 0.5) is 5.13 Å². The van der Waals surface area contributed by atoms with Crippen molar-refractivity contribution in [2.24, 2.45) is 0 Å². The van der Waals surface area contributed by atoms with Crippen molar-refractivity contribution in [1.82, 2.24) is 9.97 Å². The second kappa shape index (κ2) is 4.06. The Kier molecular flexibility index (Phi) is 2.79.